The summed E-state index contributed by atoms with van der Waals surface area (Å²) in [6, 6.07) is 0. The minimum absolute atomic E-state index is 0.554. The molecule has 0 radical (unpaired) electrons. The van der Waals surface area contributed by atoms with Gasteiger partial charge in [-0.1, -0.05) is 104 Å². The van der Waals surface area contributed by atoms with Crippen LogP contribution in [-0.2, 0) is 37.9 Å². The van der Waals surface area contributed by atoms with Gasteiger partial charge in [-0.05, 0) is 12.8 Å². The highest BCUT2D eigenvalue weighted by atomic mass is 16.6. The van der Waals surface area contributed by atoms with Crippen molar-refractivity contribution in [3.63, 3.8) is 0 Å². The number of rotatable bonds is 39. The Morgan fingerprint density at radius 2 is 0.357 bits per heavy atom. The Labute approximate surface area is 260 Å². The van der Waals surface area contributed by atoms with E-state index in [4.69, 9.17) is 37.9 Å². The molecule has 0 aromatic rings. The second kappa shape index (κ2) is 40.7. The summed E-state index contributed by atoms with van der Waals surface area (Å²) in [5.41, 5.74) is 0. The van der Waals surface area contributed by atoms with Crippen molar-refractivity contribution in [2.45, 2.75) is 117 Å². The van der Waals surface area contributed by atoms with Gasteiger partial charge < -0.3 is 37.9 Å². The van der Waals surface area contributed by atoms with Crippen molar-refractivity contribution in [2.24, 2.45) is 0 Å². The van der Waals surface area contributed by atoms with Crippen LogP contribution in [0.1, 0.15) is 117 Å². The lowest BCUT2D eigenvalue weighted by atomic mass is 10.1. The van der Waals surface area contributed by atoms with Gasteiger partial charge in [-0.3, -0.25) is 0 Å². The Balaban J connectivity index is 3.02. The van der Waals surface area contributed by atoms with Gasteiger partial charge in [0.2, 0.25) is 0 Å². The lowest BCUT2D eigenvalue weighted by molar-refractivity contribution is -0.0232. The van der Waals surface area contributed by atoms with E-state index in [1.165, 1.54) is 89.9 Å². The molecule has 0 rings (SSSR count). The van der Waals surface area contributed by atoms with Crippen molar-refractivity contribution < 1.29 is 37.9 Å². The monoisotopic (exact) mass is 607 g/mol. The highest BCUT2D eigenvalue weighted by molar-refractivity contribution is 4.48. The molecule has 0 heterocycles. The van der Waals surface area contributed by atoms with Crippen LogP contribution in [0, 0.1) is 0 Å². The molecular formula is C34H70O8. The van der Waals surface area contributed by atoms with Crippen LogP contribution in [0.3, 0.4) is 0 Å². The number of ether oxygens (including phenoxy) is 8. The number of hydrogen-bond acceptors (Lipinski definition) is 8. The highest BCUT2D eigenvalue weighted by Gasteiger charge is 1.97. The maximum Gasteiger partial charge on any atom is 0.0701 e. The van der Waals surface area contributed by atoms with Gasteiger partial charge in [0.25, 0.3) is 0 Å². The van der Waals surface area contributed by atoms with Gasteiger partial charge in [-0.2, -0.15) is 0 Å². The van der Waals surface area contributed by atoms with Gasteiger partial charge in [0.05, 0.1) is 92.5 Å². The predicted octanol–water partition coefficient (Wildman–Crippen LogP) is 7.40. The largest absolute Gasteiger partial charge is 0.379 e. The maximum atomic E-state index is 5.66. The summed E-state index contributed by atoms with van der Waals surface area (Å²) in [6.45, 7) is 14.4. The van der Waals surface area contributed by atoms with Crippen LogP contribution < -0.4 is 0 Å². The highest BCUT2D eigenvalue weighted by Crippen LogP contribution is 2.11. The molecule has 0 bridgehead atoms. The van der Waals surface area contributed by atoms with E-state index in [1.54, 1.807) is 0 Å². The quantitative estimate of drug-likeness (QED) is 0.0670. The lowest BCUT2D eigenvalue weighted by Crippen LogP contribution is -2.15. The van der Waals surface area contributed by atoms with E-state index in [9.17, 15) is 0 Å². The lowest BCUT2D eigenvalue weighted by Gasteiger charge is -2.09. The van der Waals surface area contributed by atoms with E-state index in [1.807, 2.05) is 0 Å². The van der Waals surface area contributed by atoms with Crippen LogP contribution in [-0.4, -0.2) is 106 Å². The number of hydrogen-bond donors (Lipinski definition) is 0. The smallest absolute Gasteiger partial charge is 0.0701 e. The molecule has 0 aromatic heterocycles. The Morgan fingerprint density at radius 3 is 0.571 bits per heavy atom. The van der Waals surface area contributed by atoms with Crippen LogP contribution in [0.4, 0.5) is 0 Å². The molecule has 0 aromatic carbocycles. The van der Waals surface area contributed by atoms with Crippen LogP contribution in [0.2, 0.25) is 0 Å². The third-order valence-corrected chi connectivity index (χ3v) is 6.89. The first-order valence-corrected chi connectivity index (χ1v) is 17.5. The summed E-state index contributed by atoms with van der Waals surface area (Å²) in [4.78, 5) is 0. The van der Waals surface area contributed by atoms with E-state index >= 15 is 0 Å². The maximum absolute atomic E-state index is 5.66. The van der Waals surface area contributed by atoms with Crippen molar-refractivity contribution in [3.05, 3.63) is 0 Å². The molecule has 0 fully saturated rings. The van der Waals surface area contributed by atoms with Crippen LogP contribution >= 0.6 is 0 Å². The molecule has 0 saturated heterocycles. The summed E-state index contributed by atoms with van der Waals surface area (Å²) in [5, 5.41) is 0. The molecule has 8 heteroatoms. The van der Waals surface area contributed by atoms with E-state index in [0.29, 0.717) is 92.5 Å². The zero-order valence-corrected chi connectivity index (χ0v) is 27.9. The van der Waals surface area contributed by atoms with E-state index in [2.05, 4.69) is 13.8 Å². The first-order chi connectivity index (χ1) is 20.9. The van der Waals surface area contributed by atoms with Gasteiger partial charge >= 0.3 is 0 Å². The molecular weight excluding hydrogens is 536 g/mol. The molecule has 0 spiro atoms. The zero-order chi connectivity index (χ0) is 30.3. The Bertz CT molecular complexity index is 415. The summed E-state index contributed by atoms with van der Waals surface area (Å²) in [5.74, 6) is 0. The first kappa shape index (κ1) is 41.7. The molecule has 0 aliphatic carbocycles. The normalized spacial score (nSPS) is 11.6. The molecule has 254 valence electrons. The average molecular weight is 607 g/mol. The molecule has 0 saturated carbocycles. The third-order valence-electron chi connectivity index (χ3n) is 6.89. The van der Waals surface area contributed by atoms with E-state index in [-0.39, 0.29) is 0 Å². The fourth-order valence-electron chi connectivity index (χ4n) is 4.32. The van der Waals surface area contributed by atoms with E-state index < -0.39 is 0 Å². The summed E-state index contributed by atoms with van der Waals surface area (Å²) < 4.78 is 44.3. The second-order valence-corrected chi connectivity index (χ2v) is 10.8. The molecule has 0 amide bonds. The molecule has 8 nitrogen and oxygen atoms in total. The fraction of sp³-hybridized carbons (Fsp3) is 1.00. The molecule has 42 heavy (non-hydrogen) atoms. The number of unbranched alkanes of at least 4 members (excludes halogenated alkanes) is 14. The van der Waals surface area contributed by atoms with Gasteiger partial charge in [0, 0.05) is 13.2 Å². The van der Waals surface area contributed by atoms with Gasteiger partial charge in [-0.25, -0.2) is 0 Å². The Morgan fingerprint density at radius 1 is 0.190 bits per heavy atom. The topological polar surface area (TPSA) is 73.8 Å². The van der Waals surface area contributed by atoms with Crippen molar-refractivity contribution in [1.29, 1.82) is 0 Å². The SMILES string of the molecule is CCCCCCCCCCCCCOCCOCCOCCOCCOCCOCCOCCOCCCCCCC. The fourth-order valence-corrected chi connectivity index (χ4v) is 4.32. The van der Waals surface area contributed by atoms with Crippen LogP contribution in [0.25, 0.3) is 0 Å². The minimum Gasteiger partial charge on any atom is -0.379 e. The molecule has 0 aliphatic heterocycles. The van der Waals surface area contributed by atoms with Crippen LogP contribution in [0.5, 0.6) is 0 Å². The van der Waals surface area contributed by atoms with Gasteiger partial charge in [-0.15, -0.1) is 0 Å². The van der Waals surface area contributed by atoms with Gasteiger partial charge in [0.1, 0.15) is 0 Å². The first-order valence-electron chi connectivity index (χ1n) is 17.5. The minimum atomic E-state index is 0.554. The molecule has 0 atom stereocenters. The predicted molar refractivity (Wildman–Crippen MR) is 172 cm³/mol. The molecule has 0 N–H and O–H groups in total. The molecule has 0 unspecified atom stereocenters. The van der Waals surface area contributed by atoms with Crippen molar-refractivity contribution in [2.75, 3.05) is 106 Å². The zero-order valence-electron chi connectivity index (χ0n) is 27.9. The molecule has 0 aliphatic rings. The Kier molecular flexibility index (Phi) is 40.4. The Hall–Kier alpha value is -0.320. The van der Waals surface area contributed by atoms with Crippen molar-refractivity contribution >= 4 is 0 Å². The standard InChI is InChI=1S/C34H70O8/c1-3-5-7-9-10-11-12-13-14-16-18-20-36-22-24-38-26-28-40-30-32-42-34-33-41-31-29-39-27-25-37-23-21-35-19-17-15-8-6-4-2/h3-34H2,1-2H3. The van der Waals surface area contributed by atoms with E-state index in [0.717, 1.165) is 26.1 Å². The van der Waals surface area contributed by atoms with Crippen molar-refractivity contribution in [3.8, 4) is 0 Å². The van der Waals surface area contributed by atoms with Gasteiger partial charge in [0.15, 0.2) is 0 Å². The average Bonchev–Trinajstić information content (AvgIpc) is 3.00. The summed E-state index contributed by atoms with van der Waals surface area (Å²) in [7, 11) is 0. The third kappa shape index (κ3) is 39.7. The summed E-state index contributed by atoms with van der Waals surface area (Å²) >= 11 is 0. The van der Waals surface area contributed by atoms with Crippen molar-refractivity contribution in [1.82, 2.24) is 0 Å². The van der Waals surface area contributed by atoms with Crippen LogP contribution in [0.15, 0.2) is 0 Å². The second-order valence-electron chi connectivity index (χ2n) is 10.8. The summed E-state index contributed by atoms with van der Waals surface area (Å²) in [6.07, 6.45) is 21.3.